The van der Waals surface area contributed by atoms with E-state index in [1.807, 2.05) is 49.4 Å². The summed E-state index contributed by atoms with van der Waals surface area (Å²) in [5.74, 6) is -1.31. The van der Waals surface area contributed by atoms with Gasteiger partial charge in [-0.3, -0.25) is 4.79 Å². The Morgan fingerprint density at radius 3 is 2.30 bits per heavy atom. The second-order valence-corrected chi connectivity index (χ2v) is 4.37. The number of carbonyl (C=O) groups excluding carboxylic acids is 2. The van der Waals surface area contributed by atoms with Crippen LogP contribution in [0.15, 0.2) is 54.6 Å². The van der Waals surface area contributed by atoms with Crippen molar-refractivity contribution in [3.8, 4) is 5.75 Å². The van der Waals surface area contributed by atoms with E-state index >= 15 is 0 Å². The number of esters is 1. The molecule has 0 fully saturated rings. The van der Waals surface area contributed by atoms with E-state index in [0.29, 0.717) is 12.3 Å². The smallest absolute Gasteiger partial charge is 0.402 e. The summed E-state index contributed by atoms with van der Waals surface area (Å²) in [6, 6.07) is 16.3. The van der Waals surface area contributed by atoms with Gasteiger partial charge < -0.3 is 10.1 Å². The van der Waals surface area contributed by atoms with Crippen molar-refractivity contribution in [1.82, 2.24) is 5.32 Å². The number of hydrogen-bond acceptors (Lipinski definition) is 3. The van der Waals surface area contributed by atoms with E-state index in [1.165, 1.54) is 0 Å². The number of nitrogens with one attached hydrogen (secondary N) is 1. The third-order valence-corrected chi connectivity index (χ3v) is 2.71. The lowest BCUT2D eigenvalue weighted by Crippen LogP contribution is -2.33. The first-order chi connectivity index (χ1) is 9.65. The maximum atomic E-state index is 11.6. The molecule has 0 radical (unpaired) electrons. The van der Waals surface area contributed by atoms with Crippen molar-refractivity contribution in [3.05, 3.63) is 65.7 Å². The van der Waals surface area contributed by atoms with Gasteiger partial charge in [-0.15, -0.1) is 0 Å². The number of hydrogen-bond donors (Lipinski definition) is 1. The zero-order valence-electron chi connectivity index (χ0n) is 11.1. The first-order valence-electron chi connectivity index (χ1n) is 6.26. The minimum Gasteiger partial charge on any atom is -0.419 e. The van der Waals surface area contributed by atoms with Gasteiger partial charge in [0.15, 0.2) is 0 Å². The van der Waals surface area contributed by atoms with Gasteiger partial charge in [0, 0.05) is 6.54 Å². The Balaban J connectivity index is 1.86. The second kappa shape index (κ2) is 6.52. The van der Waals surface area contributed by atoms with E-state index in [0.717, 1.165) is 11.1 Å². The van der Waals surface area contributed by atoms with Gasteiger partial charge in [-0.1, -0.05) is 48.0 Å². The minimum absolute atomic E-state index is 0.294. The average Bonchev–Trinajstić information content (AvgIpc) is 2.48. The van der Waals surface area contributed by atoms with Crippen LogP contribution >= 0.6 is 0 Å². The monoisotopic (exact) mass is 269 g/mol. The molecule has 0 saturated heterocycles. The van der Waals surface area contributed by atoms with Gasteiger partial charge in [0.05, 0.1) is 0 Å². The number of rotatable bonds is 3. The van der Waals surface area contributed by atoms with Crippen molar-refractivity contribution >= 4 is 11.9 Å². The molecule has 0 unspecified atom stereocenters. The summed E-state index contributed by atoms with van der Waals surface area (Å²) < 4.78 is 4.97. The Kier molecular flexibility index (Phi) is 4.50. The molecule has 2 aromatic carbocycles. The molecule has 102 valence electrons. The summed E-state index contributed by atoms with van der Waals surface area (Å²) >= 11 is 0. The lowest BCUT2D eigenvalue weighted by molar-refractivity contribution is -0.148. The van der Waals surface area contributed by atoms with E-state index in [9.17, 15) is 9.59 Å². The molecule has 1 N–H and O–H groups in total. The van der Waals surface area contributed by atoms with Crippen LogP contribution in [0.2, 0.25) is 0 Å². The Labute approximate surface area is 117 Å². The molecule has 0 heterocycles. The first kappa shape index (κ1) is 13.8. The van der Waals surface area contributed by atoms with Crippen LogP contribution in [0.4, 0.5) is 0 Å². The number of benzene rings is 2. The van der Waals surface area contributed by atoms with Crippen molar-refractivity contribution in [2.45, 2.75) is 13.5 Å². The van der Waals surface area contributed by atoms with Crippen LogP contribution in [0, 0.1) is 6.92 Å². The van der Waals surface area contributed by atoms with Gasteiger partial charge in [0.1, 0.15) is 5.75 Å². The molecule has 0 atom stereocenters. The molecule has 0 aliphatic heterocycles. The molecule has 0 aliphatic carbocycles. The molecular formula is C16H15NO3. The number of aryl methyl sites for hydroxylation is 1. The molecule has 2 aromatic rings. The number of carbonyl (C=O) groups is 2. The van der Waals surface area contributed by atoms with Crippen molar-refractivity contribution in [3.63, 3.8) is 0 Å². The highest BCUT2D eigenvalue weighted by Gasteiger charge is 2.15. The Bertz CT molecular complexity index is 591. The van der Waals surface area contributed by atoms with Crippen molar-refractivity contribution in [2.75, 3.05) is 0 Å². The molecular weight excluding hydrogens is 254 g/mol. The van der Waals surface area contributed by atoms with Crippen LogP contribution in [0.25, 0.3) is 0 Å². The van der Waals surface area contributed by atoms with Crippen LogP contribution in [0.1, 0.15) is 11.1 Å². The van der Waals surface area contributed by atoms with E-state index in [2.05, 4.69) is 5.32 Å². The maximum Gasteiger partial charge on any atom is 0.402 e. The SMILES string of the molecule is Cc1ccc(OC(=O)C(=O)NCc2ccccc2)cc1. The van der Waals surface area contributed by atoms with Crippen LogP contribution in [-0.4, -0.2) is 11.9 Å². The normalized spacial score (nSPS) is 9.85. The highest BCUT2D eigenvalue weighted by Crippen LogP contribution is 2.11. The molecule has 0 aliphatic rings. The van der Waals surface area contributed by atoms with E-state index in [-0.39, 0.29) is 0 Å². The van der Waals surface area contributed by atoms with Crippen LogP contribution < -0.4 is 10.1 Å². The van der Waals surface area contributed by atoms with Gasteiger partial charge in [-0.2, -0.15) is 0 Å². The van der Waals surface area contributed by atoms with Gasteiger partial charge in [0.25, 0.3) is 0 Å². The number of ether oxygens (including phenoxy) is 1. The maximum absolute atomic E-state index is 11.6. The molecule has 0 spiro atoms. The minimum atomic E-state index is -0.912. The number of amides is 1. The molecule has 0 saturated carbocycles. The lowest BCUT2D eigenvalue weighted by atomic mass is 10.2. The second-order valence-electron chi connectivity index (χ2n) is 4.37. The van der Waals surface area contributed by atoms with Crippen LogP contribution in [0.3, 0.4) is 0 Å². The summed E-state index contributed by atoms with van der Waals surface area (Å²) in [4.78, 5) is 23.2. The quantitative estimate of drug-likeness (QED) is 0.528. The lowest BCUT2D eigenvalue weighted by Gasteiger charge is -2.06. The molecule has 2 rings (SSSR count). The zero-order chi connectivity index (χ0) is 14.4. The predicted octanol–water partition coefficient (Wildman–Crippen LogP) is 2.22. The standard InChI is InChI=1S/C16H15NO3/c1-12-7-9-14(10-8-12)20-16(19)15(18)17-11-13-5-3-2-4-6-13/h2-10H,11H2,1H3,(H,17,18). The summed E-state index contributed by atoms with van der Waals surface area (Å²) in [5.41, 5.74) is 1.97. The molecule has 4 heteroatoms. The largest absolute Gasteiger partial charge is 0.419 e. The topological polar surface area (TPSA) is 55.4 Å². The van der Waals surface area contributed by atoms with Crippen molar-refractivity contribution in [2.24, 2.45) is 0 Å². The van der Waals surface area contributed by atoms with Crippen molar-refractivity contribution < 1.29 is 14.3 Å². The third-order valence-electron chi connectivity index (χ3n) is 2.71. The van der Waals surface area contributed by atoms with Crippen LogP contribution in [0.5, 0.6) is 5.75 Å². The average molecular weight is 269 g/mol. The third kappa shape index (κ3) is 3.95. The molecule has 0 bridgehead atoms. The molecule has 4 nitrogen and oxygen atoms in total. The predicted molar refractivity (Wildman–Crippen MR) is 75.1 cm³/mol. The fourth-order valence-corrected chi connectivity index (χ4v) is 1.61. The highest BCUT2D eigenvalue weighted by atomic mass is 16.5. The van der Waals surface area contributed by atoms with Gasteiger partial charge in [0.2, 0.25) is 0 Å². The fourth-order valence-electron chi connectivity index (χ4n) is 1.61. The summed E-state index contributed by atoms with van der Waals surface area (Å²) in [5, 5.41) is 2.52. The molecule has 20 heavy (non-hydrogen) atoms. The van der Waals surface area contributed by atoms with Crippen molar-refractivity contribution in [1.29, 1.82) is 0 Å². The molecule has 0 aromatic heterocycles. The van der Waals surface area contributed by atoms with E-state index in [4.69, 9.17) is 4.74 Å². The fraction of sp³-hybridized carbons (Fsp3) is 0.125. The van der Waals surface area contributed by atoms with Crippen LogP contribution in [-0.2, 0) is 16.1 Å². The summed E-state index contributed by atoms with van der Waals surface area (Å²) in [6.45, 7) is 2.22. The Morgan fingerprint density at radius 1 is 1.00 bits per heavy atom. The van der Waals surface area contributed by atoms with Gasteiger partial charge >= 0.3 is 11.9 Å². The summed E-state index contributed by atoms with van der Waals surface area (Å²) in [6.07, 6.45) is 0. The Hall–Kier alpha value is -2.62. The van der Waals surface area contributed by atoms with E-state index < -0.39 is 11.9 Å². The summed E-state index contributed by atoms with van der Waals surface area (Å²) in [7, 11) is 0. The highest BCUT2D eigenvalue weighted by molar-refractivity contribution is 6.33. The Morgan fingerprint density at radius 2 is 1.65 bits per heavy atom. The van der Waals surface area contributed by atoms with Gasteiger partial charge in [-0.05, 0) is 24.6 Å². The van der Waals surface area contributed by atoms with Gasteiger partial charge in [-0.25, -0.2) is 4.79 Å². The zero-order valence-corrected chi connectivity index (χ0v) is 11.1. The van der Waals surface area contributed by atoms with E-state index in [1.54, 1.807) is 12.1 Å². The molecule has 1 amide bonds. The first-order valence-corrected chi connectivity index (χ1v) is 6.26.